The number of amides is 1. The molecule has 1 amide bonds. The van der Waals surface area contributed by atoms with Crippen molar-refractivity contribution in [3.63, 3.8) is 0 Å². The van der Waals surface area contributed by atoms with Gasteiger partial charge in [0.25, 0.3) is 0 Å². The summed E-state index contributed by atoms with van der Waals surface area (Å²) in [6.45, 7) is 1.94. The largest absolute Gasteiger partial charge is 0.493 e. The highest BCUT2D eigenvalue weighted by molar-refractivity contribution is 7.89. The molecule has 1 N–H and O–H groups in total. The Bertz CT molecular complexity index is 1310. The summed E-state index contributed by atoms with van der Waals surface area (Å²) in [7, 11) is -1.17. The lowest BCUT2D eigenvalue weighted by atomic mass is 10.1. The molecule has 1 fully saturated rings. The fraction of sp³-hybridized carbons (Fsp3) is 0.296. The van der Waals surface area contributed by atoms with Crippen LogP contribution >= 0.6 is 0 Å². The standard InChI is InChI=1S/C27H30FN3O5S/c1-35-25-13-12-23(19-26(25)36-2)37(33,34)29-24(18-20-6-4-3-5-7-20)27(32)31-16-14-30(15-17-31)22-10-8-21(28)9-11-22/h3-13,19,24,29H,14-18H2,1-2H3/t24-/m0/s1. The third kappa shape index (κ3) is 6.39. The maximum Gasteiger partial charge on any atom is 0.241 e. The number of anilines is 1. The van der Waals surface area contributed by atoms with Crippen LogP contribution in [0, 0.1) is 5.82 Å². The van der Waals surface area contributed by atoms with Gasteiger partial charge in [-0.3, -0.25) is 4.79 Å². The highest BCUT2D eigenvalue weighted by Crippen LogP contribution is 2.29. The Morgan fingerprint density at radius 3 is 2.19 bits per heavy atom. The number of nitrogens with zero attached hydrogens (tertiary/aromatic N) is 2. The number of ether oxygens (including phenoxy) is 2. The van der Waals surface area contributed by atoms with Gasteiger partial charge in [-0.05, 0) is 48.4 Å². The van der Waals surface area contributed by atoms with Gasteiger partial charge in [0.15, 0.2) is 11.5 Å². The van der Waals surface area contributed by atoms with Crippen molar-refractivity contribution in [2.45, 2.75) is 17.4 Å². The maximum absolute atomic E-state index is 13.6. The SMILES string of the molecule is COc1ccc(S(=O)(=O)N[C@@H](Cc2ccccc2)C(=O)N2CCN(c3ccc(F)cc3)CC2)cc1OC. The van der Waals surface area contributed by atoms with E-state index >= 15 is 0 Å². The molecule has 37 heavy (non-hydrogen) atoms. The molecule has 0 unspecified atom stereocenters. The molecule has 196 valence electrons. The molecule has 4 rings (SSSR count). The Morgan fingerprint density at radius 1 is 0.919 bits per heavy atom. The molecule has 0 radical (unpaired) electrons. The van der Waals surface area contributed by atoms with Crippen molar-refractivity contribution in [3.8, 4) is 11.5 Å². The van der Waals surface area contributed by atoms with Gasteiger partial charge in [0.1, 0.15) is 11.9 Å². The van der Waals surface area contributed by atoms with Gasteiger partial charge in [-0.15, -0.1) is 0 Å². The van der Waals surface area contributed by atoms with Crippen LogP contribution < -0.4 is 19.1 Å². The minimum Gasteiger partial charge on any atom is -0.493 e. The van der Waals surface area contributed by atoms with Crippen molar-refractivity contribution < 1.29 is 27.1 Å². The predicted molar refractivity (Wildman–Crippen MR) is 139 cm³/mol. The second-order valence-electron chi connectivity index (χ2n) is 8.67. The Morgan fingerprint density at radius 2 is 1.57 bits per heavy atom. The number of carbonyl (C=O) groups excluding carboxylic acids is 1. The zero-order valence-electron chi connectivity index (χ0n) is 20.8. The number of hydrogen-bond donors (Lipinski definition) is 1. The number of piperazine rings is 1. The summed E-state index contributed by atoms with van der Waals surface area (Å²) in [5.74, 6) is 0.0698. The smallest absolute Gasteiger partial charge is 0.241 e. The monoisotopic (exact) mass is 527 g/mol. The molecule has 0 saturated carbocycles. The zero-order valence-corrected chi connectivity index (χ0v) is 21.6. The van der Waals surface area contributed by atoms with Gasteiger partial charge in [-0.1, -0.05) is 30.3 Å². The van der Waals surface area contributed by atoms with Crippen molar-refractivity contribution in [1.29, 1.82) is 0 Å². The lowest BCUT2D eigenvalue weighted by molar-refractivity contribution is -0.133. The molecule has 8 nitrogen and oxygen atoms in total. The predicted octanol–water partition coefficient (Wildman–Crippen LogP) is 3.08. The molecule has 0 bridgehead atoms. The molecule has 1 aliphatic rings. The number of rotatable bonds is 9. The molecule has 0 aliphatic carbocycles. The van der Waals surface area contributed by atoms with Gasteiger partial charge in [0.2, 0.25) is 15.9 Å². The van der Waals surface area contributed by atoms with Gasteiger partial charge in [-0.25, -0.2) is 12.8 Å². The zero-order chi connectivity index (χ0) is 26.4. The van der Waals surface area contributed by atoms with Crippen molar-refractivity contribution >= 4 is 21.6 Å². The summed E-state index contributed by atoms with van der Waals surface area (Å²) in [6.07, 6.45) is 0.199. The highest BCUT2D eigenvalue weighted by Gasteiger charge is 2.32. The Balaban J connectivity index is 1.53. The van der Waals surface area contributed by atoms with Gasteiger partial charge in [0.05, 0.1) is 19.1 Å². The molecule has 3 aromatic rings. The van der Waals surface area contributed by atoms with E-state index in [1.54, 1.807) is 17.0 Å². The molecule has 3 aromatic carbocycles. The second kappa shape index (κ2) is 11.6. The van der Waals surface area contributed by atoms with Crippen molar-refractivity contribution in [2.24, 2.45) is 0 Å². The molecule has 10 heteroatoms. The Hall–Kier alpha value is -3.63. The number of halogens is 1. The van der Waals surface area contributed by atoms with Crippen LogP contribution in [-0.4, -0.2) is 65.7 Å². The van der Waals surface area contributed by atoms with Crippen LogP contribution in [0.4, 0.5) is 10.1 Å². The first-order chi connectivity index (χ1) is 17.8. The average molecular weight is 528 g/mol. The number of methoxy groups -OCH3 is 2. The van der Waals surface area contributed by atoms with Gasteiger partial charge in [0, 0.05) is 37.9 Å². The van der Waals surface area contributed by atoms with Crippen LogP contribution in [0.25, 0.3) is 0 Å². The molecule has 0 aromatic heterocycles. The first kappa shape index (κ1) is 26.4. The first-order valence-electron chi connectivity index (χ1n) is 11.9. The quantitative estimate of drug-likeness (QED) is 0.460. The van der Waals surface area contributed by atoms with E-state index in [1.165, 1.54) is 44.6 Å². The number of nitrogens with one attached hydrogen (secondary N) is 1. The van der Waals surface area contributed by atoms with E-state index in [2.05, 4.69) is 9.62 Å². The van der Waals surface area contributed by atoms with Crippen LogP contribution in [0.1, 0.15) is 5.56 Å². The number of sulfonamides is 1. The minimum absolute atomic E-state index is 0.0304. The van der Waals surface area contributed by atoms with E-state index in [9.17, 15) is 17.6 Å². The summed E-state index contributed by atoms with van der Waals surface area (Å²) in [5.41, 5.74) is 1.71. The topological polar surface area (TPSA) is 88.2 Å². The van der Waals surface area contributed by atoms with Gasteiger partial charge in [-0.2, -0.15) is 4.72 Å². The molecular weight excluding hydrogens is 497 g/mol. The molecule has 1 saturated heterocycles. The lowest BCUT2D eigenvalue weighted by Gasteiger charge is -2.37. The van der Waals surface area contributed by atoms with Crippen molar-refractivity contribution in [2.75, 3.05) is 45.3 Å². The van der Waals surface area contributed by atoms with E-state index < -0.39 is 16.1 Å². The fourth-order valence-corrected chi connectivity index (χ4v) is 5.53. The Labute approximate surface area is 216 Å². The molecule has 1 atom stereocenters. The van der Waals surface area contributed by atoms with Crippen LogP contribution in [0.2, 0.25) is 0 Å². The average Bonchev–Trinajstić information content (AvgIpc) is 2.93. The second-order valence-corrected chi connectivity index (χ2v) is 10.4. The summed E-state index contributed by atoms with van der Waals surface area (Å²) in [6, 6.07) is 18.8. The van der Waals surface area contributed by atoms with E-state index in [4.69, 9.17) is 9.47 Å². The van der Waals surface area contributed by atoms with Gasteiger partial charge < -0.3 is 19.3 Å². The highest BCUT2D eigenvalue weighted by atomic mass is 32.2. The molecule has 0 spiro atoms. The first-order valence-corrected chi connectivity index (χ1v) is 13.4. The lowest BCUT2D eigenvalue weighted by Crippen LogP contribution is -2.55. The molecule has 1 aliphatic heterocycles. The van der Waals surface area contributed by atoms with Gasteiger partial charge >= 0.3 is 0 Å². The summed E-state index contributed by atoms with van der Waals surface area (Å²) in [4.78, 5) is 17.3. The third-order valence-corrected chi connectivity index (χ3v) is 7.80. The Kier molecular flexibility index (Phi) is 8.30. The fourth-order valence-electron chi connectivity index (χ4n) is 4.33. The van der Waals surface area contributed by atoms with E-state index in [1.807, 2.05) is 30.3 Å². The van der Waals surface area contributed by atoms with Crippen LogP contribution in [0.3, 0.4) is 0 Å². The number of carbonyl (C=O) groups is 1. The van der Waals surface area contributed by atoms with Crippen LogP contribution in [0.15, 0.2) is 77.7 Å². The van der Waals surface area contributed by atoms with E-state index in [0.29, 0.717) is 31.9 Å². The summed E-state index contributed by atoms with van der Waals surface area (Å²) >= 11 is 0. The maximum atomic E-state index is 13.6. The number of benzene rings is 3. The minimum atomic E-state index is -4.06. The summed E-state index contributed by atoms with van der Waals surface area (Å²) < 4.78 is 53.0. The number of hydrogen-bond acceptors (Lipinski definition) is 6. The van der Waals surface area contributed by atoms with Crippen molar-refractivity contribution in [3.05, 3.63) is 84.2 Å². The third-order valence-electron chi connectivity index (χ3n) is 6.33. The van der Waals surface area contributed by atoms with E-state index in [-0.39, 0.29) is 28.8 Å². The van der Waals surface area contributed by atoms with E-state index in [0.717, 1.165) is 11.3 Å². The molecule has 1 heterocycles. The normalized spacial score (nSPS) is 14.8. The summed E-state index contributed by atoms with van der Waals surface area (Å²) in [5, 5.41) is 0. The van der Waals surface area contributed by atoms with Crippen LogP contribution in [0.5, 0.6) is 11.5 Å². The molecular formula is C27H30FN3O5S. The van der Waals surface area contributed by atoms with Crippen molar-refractivity contribution in [1.82, 2.24) is 9.62 Å². The van der Waals surface area contributed by atoms with Crippen LogP contribution in [-0.2, 0) is 21.2 Å².